The van der Waals surface area contributed by atoms with Crippen molar-refractivity contribution in [3.8, 4) is 11.4 Å². The minimum absolute atomic E-state index is 0.251. The minimum Gasteiger partial charge on any atom is -0.338 e. The zero-order valence-corrected chi connectivity index (χ0v) is 16.2. The molecule has 0 aliphatic carbocycles. The van der Waals surface area contributed by atoms with Crippen LogP contribution >= 0.6 is 0 Å². The molecule has 2 aliphatic rings. The number of rotatable bonds is 5. The van der Waals surface area contributed by atoms with Gasteiger partial charge in [0.25, 0.3) is 0 Å². The predicted octanol–water partition coefficient (Wildman–Crippen LogP) is 2.76. The van der Waals surface area contributed by atoms with Crippen LogP contribution in [0.25, 0.3) is 11.4 Å². The van der Waals surface area contributed by atoms with E-state index in [4.69, 9.17) is 4.52 Å². The number of pyridine rings is 1. The second kappa shape index (κ2) is 7.40. The van der Waals surface area contributed by atoms with E-state index in [2.05, 4.69) is 20.0 Å². The van der Waals surface area contributed by atoms with Crippen molar-refractivity contribution >= 4 is 5.91 Å². The summed E-state index contributed by atoms with van der Waals surface area (Å²) in [4.78, 5) is 26.2. The molecule has 1 aromatic carbocycles. The molecule has 1 unspecified atom stereocenters. The molecule has 7 heteroatoms. The summed E-state index contributed by atoms with van der Waals surface area (Å²) in [5.74, 6) is 1.45. The van der Waals surface area contributed by atoms with Gasteiger partial charge < -0.3 is 9.42 Å². The van der Waals surface area contributed by atoms with Gasteiger partial charge in [0.15, 0.2) is 0 Å². The number of carbonyl (C=O) groups is 1. The number of likely N-dealkylation sites (tertiary alicyclic amines) is 2. The lowest BCUT2D eigenvalue weighted by Gasteiger charge is -2.23. The van der Waals surface area contributed by atoms with Gasteiger partial charge in [0.2, 0.25) is 17.6 Å². The van der Waals surface area contributed by atoms with Crippen LogP contribution in [0, 0.1) is 5.41 Å². The topological polar surface area (TPSA) is 75.4 Å². The van der Waals surface area contributed by atoms with Crippen molar-refractivity contribution < 1.29 is 9.32 Å². The summed E-state index contributed by atoms with van der Waals surface area (Å²) >= 11 is 0. The molecule has 5 rings (SSSR count). The quantitative estimate of drug-likeness (QED) is 0.668. The Kier molecular flexibility index (Phi) is 4.60. The fraction of sp³-hybridized carbons (Fsp3) is 0.364. The van der Waals surface area contributed by atoms with E-state index in [1.54, 1.807) is 6.20 Å². The van der Waals surface area contributed by atoms with Crippen LogP contribution < -0.4 is 0 Å². The first-order valence-corrected chi connectivity index (χ1v) is 10.0. The molecular weight excluding hydrogens is 366 g/mol. The first-order chi connectivity index (χ1) is 14.2. The molecular formula is C22H23N5O2. The number of nitrogens with zero attached hydrogens (tertiary/aromatic N) is 5. The second-order valence-electron chi connectivity index (χ2n) is 7.92. The van der Waals surface area contributed by atoms with Crippen molar-refractivity contribution in [1.29, 1.82) is 0 Å². The average molecular weight is 389 g/mol. The highest BCUT2D eigenvalue weighted by atomic mass is 16.5. The molecule has 0 bridgehead atoms. The number of carbonyl (C=O) groups excluding carboxylic acids is 1. The first-order valence-electron chi connectivity index (χ1n) is 10.0. The summed E-state index contributed by atoms with van der Waals surface area (Å²) in [7, 11) is 0. The Morgan fingerprint density at radius 2 is 1.83 bits per heavy atom. The van der Waals surface area contributed by atoms with Gasteiger partial charge in [0, 0.05) is 24.8 Å². The predicted molar refractivity (Wildman–Crippen MR) is 106 cm³/mol. The highest BCUT2D eigenvalue weighted by Crippen LogP contribution is 2.41. The minimum atomic E-state index is -0.281. The molecule has 1 amide bonds. The van der Waals surface area contributed by atoms with Gasteiger partial charge in [-0.25, -0.2) is 0 Å². The normalized spacial score (nSPS) is 22.1. The Hall–Kier alpha value is -3.06. The average Bonchev–Trinajstić information content (AvgIpc) is 3.47. The van der Waals surface area contributed by atoms with Crippen molar-refractivity contribution in [2.75, 3.05) is 19.6 Å². The molecule has 2 saturated heterocycles. The van der Waals surface area contributed by atoms with Gasteiger partial charge in [-0.3, -0.25) is 14.7 Å². The van der Waals surface area contributed by atoms with E-state index in [1.165, 1.54) is 0 Å². The van der Waals surface area contributed by atoms with Crippen LogP contribution in [-0.2, 0) is 17.9 Å². The van der Waals surface area contributed by atoms with E-state index in [9.17, 15) is 4.79 Å². The van der Waals surface area contributed by atoms with Crippen LogP contribution in [0.1, 0.15) is 24.4 Å². The van der Waals surface area contributed by atoms with Crippen molar-refractivity contribution in [3.05, 3.63) is 66.3 Å². The van der Waals surface area contributed by atoms with Crippen LogP contribution in [0.2, 0.25) is 0 Å². The second-order valence-corrected chi connectivity index (χ2v) is 7.92. The Balaban J connectivity index is 1.22. The monoisotopic (exact) mass is 389 g/mol. The largest absolute Gasteiger partial charge is 0.338 e. The van der Waals surface area contributed by atoms with E-state index in [-0.39, 0.29) is 11.3 Å². The maximum absolute atomic E-state index is 13.1. The molecule has 7 nitrogen and oxygen atoms in total. The Bertz CT molecular complexity index is 991. The molecule has 1 atom stereocenters. The molecule has 1 spiro atoms. The number of hydrogen-bond donors (Lipinski definition) is 0. The van der Waals surface area contributed by atoms with Gasteiger partial charge >= 0.3 is 0 Å². The number of amides is 1. The standard InChI is InChI=1S/C22H23N5O2/c28-21-22(10-13-27(21)14-18-8-4-5-11-23-18)9-12-26(16-22)15-19-24-20(25-29-19)17-6-2-1-3-7-17/h1-8,11H,9-10,12-16H2. The molecule has 2 aliphatic heterocycles. The summed E-state index contributed by atoms with van der Waals surface area (Å²) in [6, 6.07) is 15.6. The lowest BCUT2D eigenvalue weighted by Crippen LogP contribution is -2.36. The molecule has 2 fully saturated rings. The fourth-order valence-electron chi connectivity index (χ4n) is 4.42. The smallest absolute Gasteiger partial charge is 0.241 e. The third-order valence-electron chi connectivity index (χ3n) is 5.97. The molecule has 3 aromatic rings. The van der Waals surface area contributed by atoms with E-state index in [0.717, 1.165) is 43.7 Å². The zero-order chi connectivity index (χ0) is 19.7. The van der Waals surface area contributed by atoms with E-state index < -0.39 is 0 Å². The lowest BCUT2D eigenvalue weighted by molar-refractivity contribution is -0.136. The fourth-order valence-corrected chi connectivity index (χ4v) is 4.42. The highest BCUT2D eigenvalue weighted by molar-refractivity contribution is 5.85. The number of benzene rings is 1. The molecule has 148 valence electrons. The first kappa shape index (κ1) is 18.0. The van der Waals surface area contributed by atoms with E-state index >= 15 is 0 Å². The van der Waals surface area contributed by atoms with Gasteiger partial charge in [-0.2, -0.15) is 4.98 Å². The third-order valence-corrected chi connectivity index (χ3v) is 5.97. The summed E-state index contributed by atoms with van der Waals surface area (Å²) < 4.78 is 5.45. The highest BCUT2D eigenvalue weighted by Gasteiger charge is 2.50. The van der Waals surface area contributed by atoms with Crippen LogP contribution in [-0.4, -0.2) is 50.5 Å². The van der Waals surface area contributed by atoms with E-state index in [1.807, 2.05) is 53.4 Å². The van der Waals surface area contributed by atoms with Crippen LogP contribution in [0.5, 0.6) is 0 Å². The summed E-state index contributed by atoms with van der Waals surface area (Å²) in [6.07, 6.45) is 3.55. The molecule has 29 heavy (non-hydrogen) atoms. The van der Waals surface area contributed by atoms with Crippen molar-refractivity contribution in [2.45, 2.75) is 25.9 Å². The lowest BCUT2D eigenvalue weighted by atomic mass is 9.85. The Morgan fingerprint density at radius 3 is 2.66 bits per heavy atom. The van der Waals surface area contributed by atoms with Gasteiger partial charge in [-0.05, 0) is 31.5 Å². The van der Waals surface area contributed by atoms with Crippen molar-refractivity contribution in [2.24, 2.45) is 5.41 Å². The van der Waals surface area contributed by atoms with E-state index in [0.29, 0.717) is 24.8 Å². The maximum Gasteiger partial charge on any atom is 0.241 e. The Morgan fingerprint density at radius 1 is 1.00 bits per heavy atom. The summed E-state index contributed by atoms with van der Waals surface area (Å²) in [5.41, 5.74) is 1.60. The Labute approximate surface area is 169 Å². The number of aromatic nitrogens is 3. The van der Waals surface area contributed by atoms with Crippen LogP contribution in [0.3, 0.4) is 0 Å². The molecule has 0 saturated carbocycles. The van der Waals surface area contributed by atoms with Crippen molar-refractivity contribution in [1.82, 2.24) is 24.9 Å². The van der Waals surface area contributed by atoms with Gasteiger partial charge in [0.1, 0.15) is 0 Å². The third kappa shape index (κ3) is 3.53. The summed E-state index contributed by atoms with van der Waals surface area (Å²) in [6.45, 7) is 3.57. The summed E-state index contributed by atoms with van der Waals surface area (Å²) in [5, 5.41) is 4.10. The number of hydrogen-bond acceptors (Lipinski definition) is 6. The maximum atomic E-state index is 13.1. The van der Waals surface area contributed by atoms with Gasteiger partial charge in [-0.15, -0.1) is 0 Å². The van der Waals surface area contributed by atoms with Crippen LogP contribution in [0.15, 0.2) is 59.3 Å². The van der Waals surface area contributed by atoms with Crippen LogP contribution in [0.4, 0.5) is 0 Å². The molecule has 2 aromatic heterocycles. The van der Waals surface area contributed by atoms with Gasteiger partial charge in [0.05, 0.1) is 24.2 Å². The van der Waals surface area contributed by atoms with Gasteiger partial charge in [-0.1, -0.05) is 41.6 Å². The molecule has 0 N–H and O–H groups in total. The molecule has 0 radical (unpaired) electrons. The van der Waals surface area contributed by atoms with Crippen molar-refractivity contribution in [3.63, 3.8) is 0 Å². The molecule has 4 heterocycles. The SMILES string of the molecule is O=C1N(Cc2ccccn2)CCC12CCN(Cc1nc(-c3ccccc3)no1)C2. The zero-order valence-electron chi connectivity index (χ0n) is 16.2.